The van der Waals surface area contributed by atoms with Gasteiger partial charge in [-0.1, -0.05) is 12.8 Å². The minimum absolute atomic E-state index is 0.0355. The zero-order valence-electron chi connectivity index (χ0n) is 11.9. The molecule has 1 aromatic carbocycles. The predicted molar refractivity (Wildman–Crippen MR) is 76.3 cm³/mol. The standard InChI is InChI=1S/C15H19FN2O3/c1-15(14(20)21)7-3-2-4-12(15)18-13(19)10-8-9(16)5-6-11(10)17/h5-6,8,12H,2-4,7,17H2,1H3,(H,18,19)(H,20,21). The minimum Gasteiger partial charge on any atom is -0.481 e. The summed E-state index contributed by atoms with van der Waals surface area (Å²) in [5.41, 5.74) is 4.88. The summed E-state index contributed by atoms with van der Waals surface area (Å²) in [5, 5.41) is 12.1. The van der Waals surface area contributed by atoms with Crippen LogP contribution in [0.3, 0.4) is 0 Å². The number of carbonyl (C=O) groups excluding carboxylic acids is 1. The van der Waals surface area contributed by atoms with Crippen LogP contribution >= 0.6 is 0 Å². The highest BCUT2D eigenvalue weighted by atomic mass is 19.1. The number of carboxylic acids is 1. The molecule has 1 aliphatic rings. The van der Waals surface area contributed by atoms with Crippen LogP contribution in [0.2, 0.25) is 0 Å². The Morgan fingerprint density at radius 3 is 2.81 bits per heavy atom. The Morgan fingerprint density at radius 1 is 1.43 bits per heavy atom. The molecule has 1 aromatic rings. The van der Waals surface area contributed by atoms with Crippen molar-refractivity contribution in [1.82, 2.24) is 5.32 Å². The molecule has 6 heteroatoms. The highest BCUT2D eigenvalue weighted by molar-refractivity contribution is 5.99. The van der Waals surface area contributed by atoms with Crippen molar-refractivity contribution in [3.63, 3.8) is 0 Å². The SMILES string of the molecule is CC1(C(=O)O)CCCCC1NC(=O)c1cc(F)ccc1N. The zero-order chi connectivity index (χ0) is 15.6. The van der Waals surface area contributed by atoms with E-state index in [1.165, 1.54) is 12.1 Å². The number of benzene rings is 1. The first-order valence-corrected chi connectivity index (χ1v) is 6.94. The number of hydrogen-bond donors (Lipinski definition) is 3. The van der Waals surface area contributed by atoms with Gasteiger partial charge < -0.3 is 16.2 Å². The van der Waals surface area contributed by atoms with Gasteiger partial charge in [0.2, 0.25) is 0 Å². The number of nitrogens with one attached hydrogen (secondary N) is 1. The highest BCUT2D eigenvalue weighted by Gasteiger charge is 2.44. The number of amides is 1. The first-order chi connectivity index (χ1) is 9.84. The monoisotopic (exact) mass is 294 g/mol. The van der Waals surface area contributed by atoms with E-state index >= 15 is 0 Å². The van der Waals surface area contributed by atoms with Crippen LogP contribution in [0.25, 0.3) is 0 Å². The third-order valence-electron chi connectivity index (χ3n) is 4.26. The van der Waals surface area contributed by atoms with Gasteiger partial charge in [-0.25, -0.2) is 4.39 Å². The normalized spacial score (nSPS) is 25.3. The highest BCUT2D eigenvalue weighted by Crippen LogP contribution is 2.36. The summed E-state index contributed by atoms with van der Waals surface area (Å²) in [7, 11) is 0. The van der Waals surface area contributed by atoms with Gasteiger partial charge in [-0.05, 0) is 38.0 Å². The lowest BCUT2D eigenvalue weighted by atomic mass is 9.71. The summed E-state index contributed by atoms with van der Waals surface area (Å²) in [6, 6.07) is 3.07. The lowest BCUT2D eigenvalue weighted by molar-refractivity contribution is -0.151. The average molecular weight is 294 g/mol. The predicted octanol–water partition coefficient (Wildman–Crippen LogP) is 2.17. The van der Waals surface area contributed by atoms with Gasteiger partial charge in [-0.2, -0.15) is 0 Å². The van der Waals surface area contributed by atoms with E-state index in [0.717, 1.165) is 18.9 Å². The van der Waals surface area contributed by atoms with Gasteiger partial charge in [0.15, 0.2) is 0 Å². The third-order valence-corrected chi connectivity index (χ3v) is 4.26. The molecular weight excluding hydrogens is 275 g/mol. The Kier molecular flexibility index (Phi) is 4.16. The molecule has 0 saturated heterocycles. The van der Waals surface area contributed by atoms with Crippen LogP contribution in [0.5, 0.6) is 0 Å². The molecule has 0 aliphatic heterocycles. The van der Waals surface area contributed by atoms with E-state index in [1.807, 2.05) is 0 Å². The van der Waals surface area contributed by atoms with Crippen LogP contribution in [0.15, 0.2) is 18.2 Å². The Bertz CT molecular complexity index is 576. The summed E-state index contributed by atoms with van der Waals surface area (Å²) >= 11 is 0. The number of halogens is 1. The maximum Gasteiger partial charge on any atom is 0.311 e. The number of aliphatic carboxylic acids is 1. The topological polar surface area (TPSA) is 92.4 Å². The third kappa shape index (κ3) is 2.99. The van der Waals surface area contributed by atoms with Crippen molar-refractivity contribution in [3.05, 3.63) is 29.6 Å². The second-order valence-electron chi connectivity index (χ2n) is 5.73. The molecule has 0 aromatic heterocycles. The molecule has 2 atom stereocenters. The van der Waals surface area contributed by atoms with Gasteiger partial charge >= 0.3 is 5.97 Å². The van der Waals surface area contributed by atoms with Crippen LogP contribution in [0.1, 0.15) is 43.0 Å². The fourth-order valence-corrected chi connectivity index (χ4v) is 2.78. The largest absolute Gasteiger partial charge is 0.481 e. The van der Waals surface area contributed by atoms with E-state index < -0.39 is 29.2 Å². The maximum atomic E-state index is 13.2. The van der Waals surface area contributed by atoms with Crippen molar-refractivity contribution in [1.29, 1.82) is 0 Å². The lowest BCUT2D eigenvalue weighted by Crippen LogP contribution is -2.52. The van der Waals surface area contributed by atoms with E-state index in [1.54, 1.807) is 6.92 Å². The number of nitrogen functional groups attached to an aromatic ring is 1. The molecule has 1 fully saturated rings. The van der Waals surface area contributed by atoms with Crippen molar-refractivity contribution in [2.45, 2.75) is 38.6 Å². The number of anilines is 1. The summed E-state index contributed by atoms with van der Waals surface area (Å²) in [6.07, 6.45) is 2.76. The first kappa shape index (κ1) is 15.3. The first-order valence-electron chi connectivity index (χ1n) is 6.94. The fraction of sp³-hybridized carbons (Fsp3) is 0.467. The number of rotatable bonds is 3. The van der Waals surface area contributed by atoms with E-state index in [4.69, 9.17) is 5.73 Å². The molecule has 2 unspecified atom stereocenters. The van der Waals surface area contributed by atoms with Crippen molar-refractivity contribution in [2.75, 3.05) is 5.73 Å². The summed E-state index contributed by atoms with van der Waals surface area (Å²) in [4.78, 5) is 23.7. The van der Waals surface area contributed by atoms with Gasteiger partial charge in [0.05, 0.1) is 11.0 Å². The molecule has 0 spiro atoms. The molecule has 4 N–H and O–H groups in total. The molecule has 1 aliphatic carbocycles. The quantitative estimate of drug-likeness (QED) is 0.745. The number of nitrogens with two attached hydrogens (primary N) is 1. The average Bonchev–Trinajstić information content (AvgIpc) is 2.43. The van der Waals surface area contributed by atoms with Crippen molar-refractivity contribution < 1.29 is 19.1 Å². The van der Waals surface area contributed by atoms with Crippen molar-refractivity contribution in [2.24, 2.45) is 5.41 Å². The van der Waals surface area contributed by atoms with E-state index in [0.29, 0.717) is 12.8 Å². The summed E-state index contributed by atoms with van der Waals surface area (Å²) in [5.74, 6) is -2.02. The van der Waals surface area contributed by atoms with Crippen LogP contribution in [-0.4, -0.2) is 23.0 Å². The molecule has 1 amide bonds. The number of carboxylic acid groups (broad SMARTS) is 1. The minimum atomic E-state index is -1.00. The Morgan fingerprint density at radius 2 is 2.14 bits per heavy atom. The molecule has 0 bridgehead atoms. The van der Waals surface area contributed by atoms with Gasteiger partial charge in [-0.3, -0.25) is 9.59 Å². The zero-order valence-corrected chi connectivity index (χ0v) is 11.9. The summed E-state index contributed by atoms with van der Waals surface area (Å²) < 4.78 is 13.2. The van der Waals surface area contributed by atoms with Gasteiger partial charge in [-0.15, -0.1) is 0 Å². The van der Waals surface area contributed by atoms with Crippen molar-refractivity contribution in [3.8, 4) is 0 Å². The van der Waals surface area contributed by atoms with E-state index in [9.17, 15) is 19.1 Å². The molecule has 0 heterocycles. The number of carbonyl (C=O) groups is 2. The second kappa shape index (κ2) is 5.71. The molecule has 5 nitrogen and oxygen atoms in total. The van der Waals surface area contributed by atoms with Gasteiger partial charge in [0.25, 0.3) is 5.91 Å². The fourth-order valence-electron chi connectivity index (χ4n) is 2.78. The van der Waals surface area contributed by atoms with Crippen molar-refractivity contribution >= 4 is 17.6 Å². The maximum absolute atomic E-state index is 13.2. The van der Waals surface area contributed by atoms with Gasteiger partial charge in [0.1, 0.15) is 5.82 Å². The number of hydrogen-bond acceptors (Lipinski definition) is 3. The molecule has 2 rings (SSSR count). The van der Waals surface area contributed by atoms with Crippen LogP contribution in [0, 0.1) is 11.2 Å². The van der Waals surface area contributed by atoms with Gasteiger partial charge in [0, 0.05) is 11.7 Å². The molecular formula is C15H19FN2O3. The molecule has 0 radical (unpaired) electrons. The van der Waals surface area contributed by atoms with Crippen LogP contribution in [0.4, 0.5) is 10.1 Å². The smallest absolute Gasteiger partial charge is 0.311 e. The van der Waals surface area contributed by atoms with Crippen LogP contribution < -0.4 is 11.1 Å². The lowest BCUT2D eigenvalue weighted by Gasteiger charge is -2.38. The van der Waals surface area contributed by atoms with E-state index in [2.05, 4.69) is 5.32 Å². The Balaban J connectivity index is 2.21. The summed E-state index contributed by atoms with van der Waals surface area (Å²) in [6.45, 7) is 1.63. The second-order valence-corrected chi connectivity index (χ2v) is 5.73. The Labute approximate surface area is 122 Å². The molecule has 1 saturated carbocycles. The molecule has 21 heavy (non-hydrogen) atoms. The Hall–Kier alpha value is -2.11. The van der Waals surface area contributed by atoms with E-state index in [-0.39, 0.29) is 11.3 Å². The molecule has 114 valence electrons. The van der Waals surface area contributed by atoms with Crippen LogP contribution in [-0.2, 0) is 4.79 Å².